The van der Waals surface area contributed by atoms with Gasteiger partial charge in [0.2, 0.25) is 5.91 Å². The van der Waals surface area contributed by atoms with Crippen LogP contribution in [0.5, 0.6) is 0 Å². The Hall–Kier alpha value is -1.32. The molecule has 1 fully saturated rings. The number of hydrogen-bond acceptors (Lipinski definition) is 2. The van der Waals surface area contributed by atoms with Gasteiger partial charge in [0.15, 0.2) is 0 Å². The van der Waals surface area contributed by atoms with E-state index in [-0.39, 0.29) is 5.91 Å². The highest BCUT2D eigenvalue weighted by Gasteiger charge is 2.47. The van der Waals surface area contributed by atoms with Gasteiger partial charge in [0, 0.05) is 19.8 Å². The summed E-state index contributed by atoms with van der Waals surface area (Å²) in [5.74, 6) is -1.30. The van der Waals surface area contributed by atoms with Crippen molar-refractivity contribution in [2.24, 2.45) is 0 Å². The van der Waals surface area contributed by atoms with Crippen LogP contribution in [0.3, 0.4) is 0 Å². The molecule has 66 valence electrons. The van der Waals surface area contributed by atoms with Crippen LogP contribution in [-0.2, 0) is 9.59 Å². The van der Waals surface area contributed by atoms with Crippen LogP contribution < -0.4 is 5.32 Å². The maximum atomic E-state index is 10.7. The zero-order valence-electron chi connectivity index (χ0n) is 6.89. The third-order valence-corrected chi connectivity index (χ3v) is 1.93. The second-order valence-corrected chi connectivity index (χ2v) is 3.17. The van der Waals surface area contributed by atoms with Gasteiger partial charge >= 0.3 is 5.97 Å². The Labute approximate surface area is 70.3 Å². The molecule has 0 aromatic heterocycles. The number of aliphatic carboxylic acids is 1. The molecule has 1 aliphatic carbocycles. The number of carbonyl (C=O) groups is 2. The van der Waals surface area contributed by atoms with E-state index < -0.39 is 11.5 Å². The summed E-state index contributed by atoms with van der Waals surface area (Å²) in [5.41, 5.74) is -0.200. The molecule has 0 bridgehead atoms. The molecule has 1 rings (SSSR count). The molecule has 0 heterocycles. The molecule has 12 heavy (non-hydrogen) atoms. The summed E-state index contributed by atoms with van der Waals surface area (Å²) >= 11 is 0. The fourth-order valence-electron chi connectivity index (χ4n) is 1.43. The van der Waals surface area contributed by atoms with Gasteiger partial charge in [-0.25, -0.2) is 4.79 Å². The number of carbonyl (C=O) groups excluding carboxylic acids is 1. The van der Waals surface area contributed by atoms with E-state index in [1.807, 2.05) is 0 Å². The maximum Gasteiger partial charge on any atom is 0.330 e. The van der Waals surface area contributed by atoms with E-state index in [4.69, 9.17) is 5.11 Å². The SMILES string of the molecule is C=C1CC(NC(C)=O)(C(=O)O)C1. The molecular weight excluding hydrogens is 158 g/mol. The van der Waals surface area contributed by atoms with Gasteiger partial charge in [0.05, 0.1) is 0 Å². The van der Waals surface area contributed by atoms with E-state index in [0.29, 0.717) is 12.8 Å². The molecule has 1 saturated carbocycles. The molecule has 0 aliphatic heterocycles. The monoisotopic (exact) mass is 169 g/mol. The number of hydrogen-bond donors (Lipinski definition) is 2. The number of carboxylic acids is 1. The van der Waals surface area contributed by atoms with Crippen molar-refractivity contribution in [1.82, 2.24) is 5.32 Å². The largest absolute Gasteiger partial charge is 0.479 e. The van der Waals surface area contributed by atoms with Gasteiger partial charge in [-0.05, 0) is 0 Å². The minimum atomic E-state index is -1.07. The second kappa shape index (κ2) is 2.62. The second-order valence-electron chi connectivity index (χ2n) is 3.17. The Bertz CT molecular complexity index is 249. The molecule has 0 aromatic rings. The average Bonchev–Trinajstić information content (AvgIpc) is 1.81. The number of carboxylic acid groups (broad SMARTS) is 1. The minimum Gasteiger partial charge on any atom is -0.479 e. The van der Waals surface area contributed by atoms with Gasteiger partial charge in [-0.2, -0.15) is 0 Å². The molecule has 0 saturated heterocycles. The van der Waals surface area contributed by atoms with Gasteiger partial charge in [-0.1, -0.05) is 12.2 Å². The van der Waals surface area contributed by atoms with Gasteiger partial charge in [-0.15, -0.1) is 0 Å². The van der Waals surface area contributed by atoms with Gasteiger partial charge < -0.3 is 10.4 Å². The third-order valence-electron chi connectivity index (χ3n) is 1.93. The van der Waals surface area contributed by atoms with Crippen LogP contribution in [0.15, 0.2) is 12.2 Å². The molecule has 4 nitrogen and oxygen atoms in total. The Morgan fingerprint density at radius 1 is 1.58 bits per heavy atom. The summed E-state index contributed by atoms with van der Waals surface area (Å²) in [6.07, 6.45) is 0.698. The lowest BCUT2D eigenvalue weighted by Gasteiger charge is -2.39. The normalized spacial score (nSPS) is 19.6. The molecule has 1 amide bonds. The van der Waals surface area contributed by atoms with Crippen molar-refractivity contribution in [2.45, 2.75) is 25.3 Å². The summed E-state index contributed by atoms with van der Waals surface area (Å²) in [7, 11) is 0. The molecule has 0 radical (unpaired) electrons. The van der Waals surface area contributed by atoms with Crippen molar-refractivity contribution in [1.29, 1.82) is 0 Å². The van der Waals surface area contributed by atoms with E-state index in [1.165, 1.54) is 6.92 Å². The Kier molecular flexibility index (Phi) is 1.92. The predicted molar refractivity (Wildman–Crippen MR) is 42.6 cm³/mol. The predicted octanol–water partition coefficient (Wildman–Crippen LogP) is 0.296. The first-order chi connectivity index (χ1) is 5.46. The van der Waals surface area contributed by atoms with Crippen LogP contribution in [0.2, 0.25) is 0 Å². The van der Waals surface area contributed by atoms with Crippen molar-refractivity contribution >= 4 is 11.9 Å². The molecular formula is C8H11NO3. The smallest absolute Gasteiger partial charge is 0.330 e. The van der Waals surface area contributed by atoms with E-state index in [1.54, 1.807) is 0 Å². The third kappa shape index (κ3) is 1.32. The first kappa shape index (κ1) is 8.77. The molecule has 2 N–H and O–H groups in total. The lowest BCUT2D eigenvalue weighted by Crippen LogP contribution is -2.59. The average molecular weight is 169 g/mol. The number of nitrogens with one attached hydrogen (secondary N) is 1. The fraction of sp³-hybridized carbons (Fsp3) is 0.500. The van der Waals surface area contributed by atoms with Crippen LogP contribution in [0.1, 0.15) is 19.8 Å². The standard InChI is InChI=1S/C8H11NO3/c1-5-3-8(4-5,7(11)12)9-6(2)10/h1,3-4H2,2H3,(H,9,10)(H,11,12). The highest BCUT2D eigenvalue weighted by molar-refractivity contribution is 5.88. The molecule has 1 aliphatic rings. The Morgan fingerprint density at radius 2 is 2.08 bits per heavy atom. The molecule has 0 unspecified atom stereocenters. The zero-order chi connectivity index (χ0) is 9.35. The number of rotatable bonds is 2. The quantitative estimate of drug-likeness (QED) is 0.584. The van der Waals surface area contributed by atoms with Crippen molar-refractivity contribution in [3.8, 4) is 0 Å². The van der Waals surface area contributed by atoms with Crippen molar-refractivity contribution < 1.29 is 14.7 Å². The molecule has 0 aromatic carbocycles. The highest BCUT2D eigenvalue weighted by Crippen LogP contribution is 2.36. The van der Waals surface area contributed by atoms with E-state index in [9.17, 15) is 9.59 Å². The summed E-state index contributed by atoms with van der Waals surface area (Å²) in [6, 6.07) is 0. The minimum absolute atomic E-state index is 0.315. The zero-order valence-corrected chi connectivity index (χ0v) is 6.89. The topological polar surface area (TPSA) is 66.4 Å². The van der Waals surface area contributed by atoms with Gasteiger partial charge in [0.1, 0.15) is 5.54 Å². The first-order valence-corrected chi connectivity index (χ1v) is 3.65. The first-order valence-electron chi connectivity index (χ1n) is 3.65. The van der Waals surface area contributed by atoms with Crippen LogP contribution in [-0.4, -0.2) is 22.5 Å². The summed E-state index contributed by atoms with van der Waals surface area (Å²) in [5, 5.41) is 11.2. The fourth-order valence-corrected chi connectivity index (χ4v) is 1.43. The van der Waals surface area contributed by atoms with E-state index in [0.717, 1.165) is 5.57 Å². The Morgan fingerprint density at radius 3 is 2.33 bits per heavy atom. The van der Waals surface area contributed by atoms with Gasteiger partial charge in [-0.3, -0.25) is 4.79 Å². The lowest BCUT2D eigenvalue weighted by atomic mass is 9.73. The van der Waals surface area contributed by atoms with Crippen molar-refractivity contribution in [3.63, 3.8) is 0 Å². The van der Waals surface area contributed by atoms with E-state index >= 15 is 0 Å². The summed E-state index contributed by atoms with van der Waals surface area (Å²) in [4.78, 5) is 21.4. The van der Waals surface area contributed by atoms with E-state index in [2.05, 4.69) is 11.9 Å². The summed E-state index contributed by atoms with van der Waals surface area (Å²) < 4.78 is 0. The van der Waals surface area contributed by atoms with Crippen LogP contribution in [0, 0.1) is 0 Å². The highest BCUT2D eigenvalue weighted by atomic mass is 16.4. The van der Waals surface area contributed by atoms with Crippen molar-refractivity contribution in [3.05, 3.63) is 12.2 Å². The summed E-state index contributed by atoms with van der Waals surface area (Å²) in [6.45, 7) is 4.94. The molecule has 0 atom stereocenters. The number of amides is 1. The van der Waals surface area contributed by atoms with Gasteiger partial charge in [0.25, 0.3) is 0 Å². The molecule has 0 spiro atoms. The van der Waals surface area contributed by atoms with Crippen LogP contribution >= 0.6 is 0 Å². The lowest BCUT2D eigenvalue weighted by molar-refractivity contribution is -0.149. The Balaban J connectivity index is 2.69. The van der Waals surface area contributed by atoms with Crippen LogP contribution in [0.4, 0.5) is 0 Å². The maximum absolute atomic E-state index is 10.7. The molecule has 4 heteroatoms. The van der Waals surface area contributed by atoms with Crippen molar-refractivity contribution in [2.75, 3.05) is 0 Å². The van der Waals surface area contributed by atoms with Crippen LogP contribution in [0.25, 0.3) is 0 Å².